The molecule has 0 unspecified atom stereocenters. The Bertz CT molecular complexity index is 1220. The Morgan fingerprint density at radius 3 is 2.15 bits per heavy atom. The molecule has 0 spiro atoms. The number of Topliss-reactive ketones (excluding diaryl/α,β-unsaturated/α-hetero) is 1. The monoisotopic (exact) mass is 562 g/mol. The van der Waals surface area contributed by atoms with Gasteiger partial charge in [0.2, 0.25) is 11.5 Å². The molecule has 9 nitrogen and oxygen atoms in total. The van der Waals surface area contributed by atoms with Crippen molar-refractivity contribution in [3.05, 3.63) is 35.9 Å². The van der Waals surface area contributed by atoms with Crippen molar-refractivity contribution >= 4 is 17.4 Å². The quantitative estimate of drug-likeness (QED) is 0.266. The second kappa shape index (κ2) is 12.2. The lowest BCUT2D eigenvalue weighted by Crippen LogP contribution is -2.70. The van der Waals surface area contributed by atoms with Gasteiger partial charge >= 0.3 is 0 Å². The van der Waals surface area contributed by atoms with Crippen LogP contribution in [0.2, 0.25) is 0 Å². The van der Waals surface area contributed by atoms with Crippen molar-refractivity contribution in [2.75, 3.05) is 53.5 Å². The molecular weight excluding hydrogens is 526 g/mol. The molecule has 1 amide bonds. The van der Waals surface area contributed by atoms with Gasteiger partial charge in [-0.1, -0.05) is 6.07 Å². The molecule has 4 rings (SSSR count). The van der Waals surface area contributed by atoms with E-state index in [2.05, 4.69) is 0 Å². The number of rotatable bonds is 13. The fraction of sp³-hybridized carbons (Fsp3) is 0.517. The molecule has 2 aromatic rings. The summed E-state index contributed by atoms with van der Waals surface area (Å²) in [6, 6.07) is 8.58. The molecule has 0 saturated carbocycles. The first-order chi connectivity index (χ1) is 19.2. The number of ether oxygens (including phenoxy) is 5. The van der Waals surface area contributed by atoms with Crippen molar-refractivity contribution in [1.29, 1.82) is 0 Å². The molecule has 2 bridgehead atoms. The Labute approximate surface area is 232 Å². The Morgan fingerprint density at radius 1 is 0.925 bits per heavy atom. The first kappa shape index (κ1) is 29.2. The van der Waals surface area contributed by atoms with Crippen LogP contribution in [0.25, 0.3) is 0 Å². The van der Waals surface area contributed by atoms with Gasteiger partial charge < -0.3 is 33.5 Å². The van der Waals surface area contributed by atoms with Crippen molar-refractivity contribution in [3.63, 3.8) is 0 Å². The van der Waals surface area contributed by atoms with E-state index >= 15 is 0 Å². The fourth-order valence-electron chi connectivity index (χ4n) is 5.94. The number of amides is 1. The van der Waals surface area contributed by atoms with Gasteiger partial charge in [-0.25, -0.2) is 8.78 Å². The fourth-order valence-corrected chi connectivity index (χ4v) is 5.94. The largest absolute Gasteiger partial charge is 0.493 e. The molecule has 2 aliphatic heterocycles. The topological polar surface area (TPSA) is 86.8 Å². The maximum Gasteiger partial charge on any atom is 0.298 e. The van der Waals surface area contributed by atoms with Crippen LogP contribution in [0.5, 0.6) is 28.7 Å². The second-order valence-corrected chi connectivity index (χ2v) is 9.87. The summed E-state index contributed by atoms with van der Waals surface area (Å²) in [6.45, 7) is 0.689. The molecule has 218 valence electrons. The highest BCUT2D eigenvalue weighted by Gasteiger charge is 2.63. The normalized spacial score (nSPS) is 20.1. The first-order valence-corrected chi connectivity index (χ1v) is 13.2. The van der Waals surface area contributed by atoms with Gasteiger partial charge in [-0.3, -0.25) is 9.59 Å². The summed E-state index contributed by atoms with van der Waals surface area (Å²) >= 11 is 0. The average molecular weight is 563 g/mol. The van der Waals surface area contributed by atoms with Gasteiger partial charge in [0.05, 0.1) is 35.5 Å². The number of piperazine rings is 1. The van der Waals surface area contributed by atoms with Crippen molar-refractivity contribution in [3.8, 4) is 28.7 Å². The summed E-state index contributed by atoms with van der Waals surface area (Å²) in [6.07, 6.45) is -0.713. The van der Waals surface area contributed by atoms with Gasteiger partial charge in [0, 0.05) is 37.0 Å². The highest BCUT2D eigenvalue weighted by Crippen LogP contribution is 2.49. The summed E-state index contributed by atoms with van der Waals surface area (Å²) in [5.41, 5.74) is -0.543. The molecule has 0 aromatic heterocycles. The zero-order chi connectivity index (χ0) is 29.0. The number of methoxy groups -OCH3 is 5. The molecule has 2 fully saturated rings. The molecule has 40 heavy (non-hydrogen) atoms. The number of fused-ring (bicyclic) bond motifs is 2. The maximum absolute atomic E-state index is 14.0. The van der Waals surface area contributed by atoms with Crippen LogP contribution >= 0.6 is 0 Å². The van der Waals surface area contributed by atoms with Gasteiger partial charge in [0.15, 0.2) is 28.5 Å². The van der Waals surface area contributed by atoms with E-state index in [0.29, 0.717) is 60.4 Å². The third-order valence-corrected chi connectivity index (χ3v) is 7.81. The standard InChI is InChI=1S/C29H36F2N2O7/c1-36-21-10-9-18(14-22(21)37-2)8-6-7-13-32-17-19-11-12-29(28(32)35,26(34)27(30)31)33(19)20-15-23(38-3)25(40-5)24(16-20)39-4/h9-10,14-16,19,27H,6-8,11-13,17H2,1-5H3/t19-,29+/m1/s1. The summed E-state index contributed by atoms with van der Waals surface area (Å²) in [7, 11) is 7.51. The van der Waals surface area contributed by atoms with Crippen LogP contribution in [0.15, 0.2) is 30.3 Å². The lowest BCUT2D eigenvalue weighted by atomic mass is 9.87. The second-order valence-electron chi connectivity index (χ2n) is 9.87. The zero-order valence-corrected chi connectivity index (χ0v) is 23.5. The number of nitrogens with zero attached hydrogens (tertiary/aromatic N) is 2. The number of hydrogen-bond acceptors (Lipinski definition) is 8. The molecule has 0 aliphatic carbocycles. The molecule has 0 N–H and O–H groups in total. The molecule has 2 aromatic carbocycles. The summed E-state index contributed by atoms with van der Waals surface area (Å²) in [5, 5.41) is 0. The number of likely N-dealkylation sites (tertiary alicyclic amines) is 1. The minimum absolute atomic E-state index is 0.0124. The van der Waals surface area contributed by atoms with Gasteiger partial charge in [-0.2, -0.15) is 0 Å². The predicted molar refractivity (Wildman–Crippen MR) is 144 cm³/mol. The van der Waals surface area contributed by atoms with E-state index in [9.17, 15) is 18.4 Å². The number of benzene rings is 2. The maximum atomic E-state index is 14.0. The number of anilines is 1. The molecule has 2 heterocycles. The number of carbonyl (C=O) groups is 2. The van der Waals surface area contributed by atoms with Crippen LogP contribution in [-0.4, -0.2) is 83.2 Å². The van der Waals surface area contributed by atoms with Crippen LogP contribution in [0, 0.1) is 0 Å². The number of unbranched alkanes of at least 4 members (excludes halogenated alkanes) is 1. The number of hydrogen-bond donors (Lipinski definition) is 0. The number of alkyl halides is 2. The molecule has 2 aliphatic rings. The number of aryl methyl sites for hydroxylation is 1. The van der Waals surface area contributed by atoms with Crippen LogP contribution in [-0.2, 0) is 16.0 Å². The molecular formula is C29H36F2N2O7. The van der Waals surface area contributed by atoms with E-state index in [4.69, 9.17) is 23.7 Å². The Kier molecular flexibility index (Phi) is 8.90. The minimum Gasteiger partial charge on any atom is -0.493 e. The van der Waals surface area contributed by atoms with Crippen molar-refractivity contribution in [2.45, 2.75) is 50.1 Å². The molecule has 2 atom stereocenters. The predicted octanol–water partition coefficient (Wildman–Crippen LogP) is 4.14. The summed E-state index contributed by atoms with van der Waals surface area (Å²) < 4.78 is 55.0. The lowest BCUT2D eigenvalue weighted by molar-refractivity contribution is -0.149. The highest BCUT2D eigenvalue weighted by atomic mass is 19.3. The zero-order valence-electron chi connectivity index (χ0n) is 23.5. The van der Waals surface area contributed by atoms with E-state index in [1.54, 1.807) is 36.2 Å². The lowest BCUT2D eigenvalue weighted by Gasteiger charge is -2.48. The SMILES string of the molecule is COc1ccc(CCCCN2C[C@H]3CC[C@](C(=O)C(F)F)(C2=O)N3c2cc(OC)c(OC)c(OC)c2)cc1OC. The van der Waals surface area contributed by atoms with Gasteiger partial charge in [-0.15, -0.1) is 0 Å². The summed E-state index contributed by atoms with van der Waals surface area (Å²) in [4.78, 5) is 30.1. The smallest absolute Gasteiger partial charge is 0.298 e. The van der Waals surface area contributed by atoms with Crippen molar-refractivity contribution in [1.82, 2.24) is 4.90 Å². The number of halogens is 2. The average Bonchev–Trinajstić information content (AvgIpc) is 3.29. The summed E-state index contributed by atoms with van der Waals surface area (Å²) in [5.74, 6) is 0.250. The van der Waals surface area contributed by atoms with Gasteiger partial charge in [0.25, 0.3) is 12.3 Å². The highest BCUT2D eigenvalue weighted by molar-refractivity contribution is 6.16. The Balaban J connectivity index is 1.56. The van der Waals surface area contributed by atoms with E-state index in [-0.39, 0.29) is 12.5 Å². The third kappa shape index (κ3) is 5.09. The molecule has 0 radical (unpaired) electrons. The van der Waals surface area contributed by atoms with Crippen LogP contribution in [0.1, 0.15) is 31.2 Å². The van der Waals surface area contributed by atoms with E-state index in [1.807, 2.05) is 18.2 Å². The third-order valence-electron chi connectivity index (χ3n) is 7.81. The van der Waals surface area contributed by atoms with E-state index in [1.165, 1.54) is 21.3 Å². The molecule has 11 heteroatoms. The van der Waals surface area contributed by atoms with Crippen molar-refractivity contribution in [2.24, 2.45) is 0 Å². The van der Waals surface area contributed by atoms with Crippen LogP contribution < -0.4 is 28.6 Å². The number of carbonyl (C=O) groups excluding carboxylic acids is 2. The van der Waals surface area contributed by atoms with E-state index in [0.717, 1.165) is 18.4 Å². The first-order valence-electron chi connectivity index (χ1n) is 13.2. The van der Waals surface area contributed by atoms with E-state index < -0.39 is 23.7 Å². The number of ketones is 1. The Morgan fingerprint density at radius 2 is 1.57 bits per heavy atom. The molecule has 2 saturated heterocycles. The Hall–Kier alpha value is -3.76. The van der Waals surface area contributed by atoms with Crippen molar-refractivity contribution < 1.29 is 42.1 Å². The van der Waals surface area contributed by atoms with Gasteiger partial charge in [-0.05, 0) is 49.8 Å². The minimum atomic E-state index is -3.29. The van der Waals surface area contributed by atoms with Crippen LogP contribution in [0.3, 0.4) is 0 Å². The van der Waals surface area contributed by atoms with Gasteiger partial charge in [0.1, 0.15) is 0 Å². The van der Waals surface area contributed by atoms with Crippen LogP contribution in [0.4, 0.5) is 14.5 Å².